The van der Waals surface area contributed by atoms with Crippen molar-refractivity contribution in [1.82, 2.24) is 9.62 Å². The lowest BCUT2D eigenvalue weighted by atomic mass is 10.3. The van der Waals surface area contributed by atoms with Crippen LogP contribution in [-0.4, -0.2) is 38.4 Å². The molecule has 0 spiro atoms. The maximum absolute atomic E-state index is 13.6. The quantitative estimate of drug-likeness (QED) is 0.822. The zero-order chi connectivity index (χ0) is 14.2. The van der Waals surface area contributed by atoms with Gasteiger partial charge < -0.3 is 5.32 Å². The molecule has 20 heavy (non-hydrogen) atoms. The molecule has 4 nitrogen and oxygen atoms in total. The molecular formula is C11H14Cl3FN2O2S. The monoisotopic (exact) mass is 362 g/mol. The second-order valence-corrected chi connectivity index (χ2v) is 7.08. The molecule has 1 aromatic rings. The number of rotatable bonds is 2. The molecule has 1 fully saturated rings. The largest absolute Gasteiger partial charge is 0.312 e. The molecule has 0 radical (unpaired) electrons. The number of nitrogens with one attached hydrogen (secondary N) is 1. The molecule has 0 saturated carbocycles. The minimum absolute atomic E-state index is 0. The Morgan fingerprint density at radius 3 is 2.65 bits per heavy atom. The van der Waals surface area contributed by atoms with E-state index in [1.54, 1.807) is 0 Å². The molecule has 1 aliphatic heterocycles. The van der Waals surface area contributed by atoms with Crippen molar-refractivity contribution >= 4 is 45.6 Å². The van der Waals surface area contributed by atoms with E-state index < -0.39 is 20.9 Å². The predicted octanol–water partition coefficient (Wildman–Crippen LogP) is 2.54. The fourth-order valence-electron chi connectivity index (χ4n) is 1.96. The predicted molar refractivity (Wildman–Crippen MR) is 79.9 cm³/mol. The number of hydrogen-bond acceptors (Lipinski definition) is 3. The highest BCUT2D eigenvalue weighted by molar-refractivity contribution is 7.89. The highest BCUT2D eigenvalue weighted by atomic mass is 35.5. The summed E-state index contributed by atoms with van der Waals surface area (Å²) in [5, 5.41) is 2.48. The third-order valence-corrected chi connectivity index (χ3v) is 5.63. The summed E-state index contributed by atoms with van der Waals surface area (Å²) in [5.41, 5.74) is 0. The molecule has 1 atom stereocenters. The molecule has 1 aliphatic rings. The molecule has 0 amide bonds. The van der Waals surface area contributed by atoms with Crippen LogP contribution in [-0.2, 0) is 10.0 Å². The van der Waals surface area contributed by atoms with E-state index in [0.717, 1.165) is 0 Å². The van der Waals surface area contributed by atoms with Gasteiger partial charge in [0, 0.05) is 25.7 Å². The molecule has 1 aromatic carbocycles. The molecule has 1 heterocycles. The van der Waals surface area contributed by atoms with Crippen molar-refractivity contribution in [3.05, 3.63) is 28.0 Å². The lowest BCUT2D eigenvalue weighted by Crippen LogP contribution is -2.51. The van der Waals surface area contributed by atoms with Crippen molar-refractivity contribution < 1.29 is 12.8 Å². The van der Waals surface area contributed by atoms with Crippen LogP contribution in [0.25, 0.3) is 0 Å². The fourth-order valence-corrected chi connectivity index (χ4v) is 4.21. The first kappa shape index (κ1) is 17.9. The van der Waals surface area contributed by atoms with E-state index in [1.165, 1.54) is 16.4 Å². The van der Waals surface area contributed by atoms with Crippen LogP contribution in [0.4, 0.5) is 4.39 Å². The van der Waals surface area contributed by atoms with Crippen LogP contribution in [0.15, 0.2) is 17.0 Å². The highest BCUT2D eigenvalue weighted by Crippen LogP contribution is 2.31. The van der Waals surface area contributed by atoms with Gasteiger partial charge in [0.15, 0.2) is 5.82 Å². The number of piperazine rings is 1. The van der Waals surface area contributed by atoms with Crippen molar-refractivity contribution in [2.45, 2.75) is 17.9 Å². The highest BCUT2D eigenvalue weighted by Gasteiger charge is 2.31. The number of sulfonamides is 1. The van der Waals surface area contributed by atoms with E-state index in [-0.39, 0.29) is 28.4 Å². The first-order chi connectivity index (χ1) is 8.84. The first-order valence-electron chi connectivity index (χ1n) is 5.71. The van der Waals surface area contributed by atoms with Gasteiger partial charge in [-0.25, -0.2) is 12.8 Å². The molecule has 9 heteroatoms. The lowest BCUT2D eigenvalue weighted by Gasteiger charge is -2.31. The SMILES string of the molecule is CC1CN(S(=O)(=O)c2ccc(Cl)c(F)c2Cl)CCN1.Cl. The summed E-state index contributed by atoms with van der Waals surface area (Å²) in [5.74, 6) is -0.910. The Balaban J connectivity index is 0.00000200. The summed E-state index contributed by atoms with van der Waals surface area (Å²) in [6.07, 6.45) is 0. The van der Waals surface area contributed by atoms with Gasteiger partial charge in [0.25, 0.3) is 0 Å². The van der Waals surface area contributed by atoms with Crippen molar-refractivity contribution in [2.24, 2.45) is 0 Å². The van der Waals surface area contributed by atoms with Gasteiger partial charge in [0.05, 0.1) is 10.0 Å². The van der Waals surface area contributed by atoms with Crippen LogP contribution in [0.5, 0.6) is 0 Å². The standard InChI is InChI=1S/C11H13Cl2FN2O2S.ClH/c1-7-6-16(5-4-15-7)19(17,18)9-3-2-8(12)11(14)10(9)13;/h2-3,7,15H,4-6H2,1H3;1H. The van der Waals surface area contributed by atoms with Crippen molar-refractivity contribution in [3.63, 3.8) is 0 Å². The van der Waals surface area contributed by atoms with Crippen molar-refractivity contribution in [3.8, 4) is 0 Å². The average molecular weight is 364 g/mol. The normalized spacial score (nSPS) is 20.5. The Kier molecular flexibility index (Phi) is 6.07. The molecule has 0 aliphatic carbocycles. The molecule has 0 bridgehead atoms. The summed E-state index contributed by atoms with van der Waals surface area (Å²) < 4.78 is 39.7. The molecule has 2 rings (SSSR count). The van der Waals surface area contributed by atoms with E-state index in [0.29, 0.717) is 19.6 Å². The van der Waals surface area contributed by atoms with Crippen LogP contribution in [0.1, 0.15) is 6.92 Å². The molecule has 1 saturated heterocycles. The van der Waals surface area contributed by atoms with E-state index in [1.807, 2.05) is 6.92 Å². The van der Waals surface area contributed by atoms with E-state index >= 15 is 0 Å². The Morgan fingerprint density at radius 1 is 1.40 bits per heavy atom. The van der Waals surface area contributed by atoms with Gasteiger partial charge in [-0.15, -0.1) is 12.4 Å². The Labute approximate surface area is 133 Å². The summed E-state index contributed by atoms with van der Waals surface area (Å²) in [7, 11) is -3.80. The van der Waals surface area contributed by atoms with Gasteiger partial charge in [0.2, 0.25) is 10.0 Å². The van der Waals surface area contributed by atoms with Crippen LogP contribution in [0, 0.1) is 5.82 Å². The third-order valence-electron chi connectivity index (χ3n) is 2.95. The van der Waals surface area contributed by atoms with Crippen LogP contribution < -0.4 is 5.32 Å². The Morgan fingerprint density at radius 2 is 2.05 bits per heavy atom. The average Bonchev–Trinajstić information content (AvgIpc) is 2.36. The molecular weight excluding hydrogens is 350 g/mol. The minimum Gasteiger partial charge on any atom is -0.312 e. The maximum Gasteiger partial charge on any atom is 0.244 e. The molecule has 1 unspecified atom stereocenters. The number of halogens is 4. The molecule has 1 N–H and O–H groups in total. The van der Waals surface area contributed by atoms with E-state index in [9.17, 15) is 12.8 Å². The van der Waals surface area contributed by atoms with Crippen molar-refractivity contribution in [2.75, 3.05) is 19.6 Å². The summed E-state index contributed by atoms with van der Waals surface area (Å²) in [6, 6.07) is 2.47. The van der Waals surface area contributed by atoms with Gasteiger partial charge in [-0.2, -0.15) is 4.31 Å². The van der Waals surface area contributed by atoms with E-state index in [4.69, 9.17) is 23.2 Å². The van der Waals surface area contributed by atoms with E-state index in [2.05, 4.69) is 5.32 Å². The van der Waals surface area contributed by atoms with Gasteiger partial charge in [-0.1, -0.05) is 23.2 Å². The fraction of sp³-hybridized carbons (Fsp3) is 0.455. The molecule has 0 aromatic heterocycles. The van der Waals surface area contributed by atoms with Gasteiger partial charge >= 0.3 is 0 Å². The summed E-state index contributed by atoms with van der Waals surface area (Å²) in [4.78, 5) is -0.245. The Hall–Kier alpha value is -0.110. The van der Waals surface area contributed by atoms with Crippen LogP contribution in [0.2, 0.25) is 10.0 Å². The van der Waals surface area contributed by atoms with Gasteiger partial charge in [0.1, 0.15) is 4.90 Å². The topological polar surface area (TPSA) is 49.4 Å². The summed E-state index contributed by atoms with van der Waals surface area (Å²) in [6.45, 7) is 3.08. The minimum atomic E-state index is -3.80. The number of benzene rings is 1. The first-order valence-corrected chi connectivity index (χ1v) is 7.90. The van der Waals surface area contributed by atoms with Crippen LogP contribution in [0.3, 0.4) is 0 Å². The second-order valence-electron chi connectivity index (χ2n) is 4.39. The van der Waals surface area contributed by atoms with Crippen molar-refractivity contribution in [1.29, 1.82) is 0 Å². The number of nitrogens with zero attached hydrogens (tertiary/aromatic N) is 1. The van der Waals surface area contributed by atoms with Crippen LogP contribution >= 0.6 is 35.6 Å². The zero-order valence-electron chi connectivity index (χ0n) is 10.6. The Bertz CT molecular complexity index is 598. The van der Waals surface area contributed by atoms with Gasteiger partial charge in [-0.3, -0.25) is 0 Å². The zero-order valence-corrected chi connectivity index (χ0v) is 13.7. The second kappa shape index (κ2) is 6.77. The smallest absolute Gasteiger partial charge is 0.244 e. The summed E-state index contributed by atoms with van der Waals surface area (Å²) >= 11 is 11.3. The van der Waals surface area contributed by atoms with Gasteiger partial charge in [-0.05, 0) is 19.1 Å². The maximum atomic E-state index is 13.6. The number of hydrogen-bond donors (Lipinski definition) is 1. The lowest BCUT2D eigenvalue weighted by molar-refractivity contribution is 0.310. The third kappa shape index (κ3) is 3.37. The molecule has 114 valence electrons.